The van der Waals surface area contributed by atoms with Crippen LogP contribution in [0.25, 0.3) is 0 Å². The summed E-state index contributed by atoms with van der Waals surface area (Å²) >= 11 is 0. The van der Waals surface area contributed by atoms with E-state index in [4.69, 9.17) is 5.11 Å². The lowest BCUT2D eigenvalue weighted by atomic mass is 10.1. The SMILES string of the molecule is O=C(O)C1CCCN(C2CCCNCC2)S1(=O)=O. The van der Waals surface area contributed by atoms with Gasteiger partial charge in [-0.25, -0.2) is 8.42 Å². The lowest BCUT2D eigenvalue weighted by Crippen LogP contribution is -2.51. The first-order chi connectivity index (χ1) is 8.53. The van der Waals surface area contributed by atoms with E-state index < -0.39 is 21.2 Å². The summed E-state index contributed by atoms with van der Waals surface area (Å²) in [6, 6.07) is -0.0350. The molecular weight excluding hydrogens is 256 g/mol. The van der Waals surface area contributed by atoms with Crippen LogP contribution in [-0.2, 0) is 14.8 Å². The first kappa shape index (κ1) is 13.8. The summed E-state index contributed by atoms with van der Waals surface area (Å²) < 4.78 is 26.0. The molecule has 0 aromatic rings. The Morgan fingerprint density at radius 3 is 2.67 bits per heavy atom. The number of carboxylic acid groups (broad SMARTS) is 1. The lowest BCUT2D eigenvalue weighted by molar-refractivity contribution is -0.136. The number of rotatable bonds is 2. The second-order valence-corrected chi connectivity index (χ2v) is 7.03. The fourth-order valence-corrected chi connectivity index (χ4v) is 4.86. The van der Waals surface area contributed by atoms with Gasteiger partial charge in [0.05, 0.1) is 0 Å². The van der Waals surface area contributed by atoms with E-state index in [1.165, 1.54) is 4.31 Å². The summed E-state index contributed by atoms with van der Waals surface area (Å²) in [7, 11) is -3.67. The number of sulfonamides is 1. The minimum absolute atomic E-state index is 0.0350. The standard InChI is InChI=1S/C11H20N2O4S/c14-11(15)10-4-2-8-13(18(10,16)17)9-3-1-6-12-7-5-9/h9-10,12H,1-8H2,(H,14,15). The second-order valence-electron chi connectivity index (χ2n) is 4.96. The Kier molecular flexibility index (Phi) is 4.24. The molecule has 2 rings (SSSR count). The molecule has 2 aliphatic rings. The summed E-state index contributed by atoms with van der Waals surface area (Å²) in [6.07, 6.45) is 3.40. The molecule has 2 heterocycles. The average Bonchev–Trinajstić information content (AvgIpc) is 2.56. The lowest BCUT2D eigenvalue weighted by Gasteiger charge is -2.35. The molecule has 2 saturated heterocycles. The summed E-state index contributed by atoms with van der Waals surface area (Å²) in [5.41, 5.74) is 0. The third-order valence-electron chi connectivity index (χ3n) is 3.76. The summed E-state index contributed by atoms with van der Waals surface area (Å²) in [5, 5.41) is 11.0. The van der Waals surface area contributed by atoms with E-state index >= 15 is 0 Å². The van der Waals surface area contributed by atoms with Gasteiger partial charge in [0, 0.05) is 12.6 Å². The quantitative estimate of drug-likeness (QED) is 0.742. The van der Waals surface area contributed by atoms with Crippen LogP contribution < -0.4 is 5.32 Å². The van der Waals surface area contributed by atoms with Gasteiger partial charge in [-0.1, -0.05) is 0 Å². The van der Waals surface area contributed by atoms with Crippen LogP contribution >= 0.6 is 0 Å². The average molecular weight is 276 g/mol. The first-order valence-electron chi connectivity index (χ1n) is 6.47. The number of nitrogens with one attached hydrogen (secondary N) is 1. The Bertz CT molecular complexity index is 401. The van der Waals surface area contributed by atoms with Crippen LogP contribution in [0.4, 0.5) is 0 Å². The van der Waals surface area contributed by atoms with Gasteiger partial charge in [-0.2, -0.15) is 4.31 Å². The molecule has 0 bridgehead atoms. The highest BCUT2D eigenvalue weighted by atomic mass is 32.2. The molecule has 6 nitrogen and oxygen atoms in total. The maximum atomic E-state index is 12.3. The molecule has 7 heteroatoms. The van der Waals surface area contributed by atoms with Gasteiger partial charge in [-0.15, -0.1) is 0 Å². The van der Waals surface area contributed by atoms with E-state index in [2.05, 4.69) is 5.32 Å². The van der Waals surface area contributed by atoms with Gasteiger partial charge >= 0.3 is 5.97 Å². The van der Waals surface area contributed by atoms with Gasteiger partial charge in [-0.3, -0.25) is 4.79 Å². The molecule has 0 saturated carbocycles. The van der Waals surface area contributed by atoms with Crippen LogP contribution in [0.1, 0.15) is 32.1 Å². The predicted molar refractivity (Wildman–Crippen MR) is 66.8 cm³/mol. The molecule has 2 unspecified atom stereocenters. The van der Waals surface area contributed by atoms with Gasteiger partial charge in [0.15, 0.2) is 5.25 Å². The molecule has 0 aromatic carbocycles. The van der Waals surface area contributed by atoms with E-state index in [0.29, 0.717) is 13.0 Å². The Hall–Kier alpha value is -0.660. The molecule has 0 aliphatic carbocycles. The topological polar surface area (TPSA) is 86.7 Å². The van der Waals surface area contributed by atoms with Gasteiger partial charge in [0.2, 0.25) is 10.0 Å². The third kappa shape index (κ3) is 2.67. The molecule has 0 spiro atoms. The monoisotopic (exact) mass is 276 g/mol. The third-order valence-corrected chi connectivity index (χ3v) is 6.05. The zero-order valence-corrected chi connectivity index (χ0v) is 11.2. The molecular formula is C11H20N2O4S. The maximum Gasteiger partial charge on any atom is 0.323 e. The van der Waals surface area contributed by atoms with Crippen molar-refractivity contribution in [1.29, 1.82) is 0 Å². The van der Waals surface area contributed by atoms with E-state index in [1.807, 2.05) is 0 Å². The summed E-state index contributed by atoms with van der Waals surface area (Å²) in [4.78, 5) is 11.0. The summed E-state index contributed by atoms with van der Waals surface area (Å²) in [6.45, 7) is 2.18. The second kappa shape index (κ2) is 5.54. The Labute approximate surface area is 107 Å². The van der Waals surface area contributed by atoms with E-state index in [1.54, 1.807) is 0 Å². The molecule has 2 aliphatic heterocycles. The number of carboxylic acids is 1. The Morgan fingerprint density at radius 2 is 1.94 bits per heavy atom. The van der Waals surface area contributed by atoms with Crippen LogP contribution in [0.15, 0.2) is 0 Å². The number of hydrogen-bond acceptors (Lipinski definition) is 4. The minimum Gasteiger partial charge on any atom is -0.480 e. The highest BCUT2D eigenvalue weighted by molar-refractivity contribution is 7.90. The van der Waals surface area contributed by atoms with Crippen LogP contribution in [0.5, 0.6) is 0 Å². The van der Waals surface area contributed by atoms with Crippen molar-refractivity contribution < 1.29 is 18.3 Å². The smallest absolute Gasteiger partial charge is 0.323 e. The molecule has 0 amide bonds. The molecule has 18 heavy (non-hydrogen) atoms. The number of hydrogen-bond donors (Lipinski definition) is 2. The van der Waals surface area contributed by atoms with Gasteiger partial charge in [-0.05, 0) is 45.2 Å². The maximum absolute atomic E-state index is 12.3. The van der Waals surface area contributed by atoms with E-state index in [9.17, 15) is 13.2 Å². The van der Waals surface area contributed by atoms with Crippen molar-refractivity contribution in [2.45, 2.75) is 43.4 Å². The highest BCUT2D eigenvalue weighted by Gasteiger charge is 2.43. The summed E-state index contributed by atoms with van der Waals surface area (Å²) in [5.74, 6) is -1.22. The van der Waals surface area contributed by atoms with Crippen LogP contribution in [-0.4, -0.2) is 54.7 Å². The van der Waals surface area contributed by atoms with Crippen molar-refractivity contribution in [3.8, 4) is 0 Å². The zero-order chi connectivity index (χ0) is 13.2. The van der Waals surface area contributed by atoms with Gasteiger partial charge in [0.1, 0.15) is 0 Å². The predicted octanol–water partition coefficient (Wildman–Crippen LogP) is 0.00730. The molecule has 0 radical (unpaired) electrons. The van der Waals surface area contributed by atoms with E-state index in [-0.39, 0.29) is 12.5 Å². The first-order valence-corrected chi connectivity index (χ1v) is 7.98. The van der Waals surface area contributed by atoms with Crippen molar-refractivity contribution >= 4 is 16.0 Å². The van der Waals surface area contributed by atoms with Crippen molar-refractivity contribution in [3.63, 3.8) is 0 Å². The fraction of sp³-hybridized carbons (Fsp3) is 0.909. The number of nitrogens with zero attached hydrogens (tertiary/aromatic N) is 1. The van der Waals surface area contributed by atoms with E-state index in [0.717, 1.165) is 32.4 Å². The zero-order valence-electron chi connectivity index (χ0n) is 10.3. The highest BCUT2D eigenvalue weighted by Crippen LogP contribution is 2.27. The molecule has 2 fully saturated rings. The van der Waals surface area contributed by atoms with Gasteiger partial charge < -0.3 is 10.4 Å². The fourth-order valence-electron chi connectivity index (χ4n) is 2.80. The van der Waals surface area contributed by atoms with Crippen molar-refractivity contribution in [1.82, 2.24) is 9.62 Å². The van der Waals surface area contributed by atoms with Crippen LogP contribution in [0, 0.1) is 0 Å². The molecule has 0 aromatic heterocycles. The van der Waals surface area contributed by atoms with Gasteiger partial charge in [0.25, 0.3) is 0 Å². The van der Waals surface area contributed by atoms with Crippen molar-refractivity contribution in [2.24, 2.45) is 0 Å². The molecule has 104 valence electrons. The van der Waals surface area contributed by atoms with Crippen molar-refractivity contribution in [3.05, 3.63) is 0 Å². The molecule has 2 N–H and O–H groups in total. The van der Waals surface area contributed by atoms with Crippen LogP contribution in [0.2, 0.25) is 0 Å². The van der Waals surface area contributed by atoms with Crippen molar-refractivity contribution in [2.75, 3.05) is 19.6 Å². The number of aliphatic carboxylic acids is 1. The Balaban J connectivity index is 2.18. The normalized spacial score (nSPS) is 33.8. The van der Waals surface area contributed by atoms with Crippen LogP contribution in [0.3, 0.4) is 0 Å². The number of carbonyl (C=O) groups is 1. The molecule has 2 atom stereocenters. The minimum atomic E-state index is -3.67. The Morgan fingerprint density at radius 1 is 1.17 bits per heavy atom. The largest absolute Gasteiger partial charge is 0.480 e.